The number of nitriles is 1. The van der Waals surface area contributed by atoms with Gasteiger partial charge < -0.3 is 4.90 Å². The van der Waals surface area contributed by atoms with Gasteiger partial charge in [-0.2, -0.15) is 5.26 Å². The minimum atomic E-state index is -0.442. The number of rotatable bonds is 6. The summed E-state index contributed by atoms with van der Waals surface area (Å²) < 4.78 is 1.81. The summed E-state index contributed by atoms with van der Waals surface area (Å²) in [7, 11) is 0. The van der Waals surface area contributed by atoms with Crippen LogP contribution in [0.4, 0.5) is 0 Å². The Morgan fingerprint density at radius 2 is 1.41 bits per heavy atom. The largest absolute Gasteiger partial charge is 0.335 e. The standard InChI is InChI=1S/C36H27Cl3N4O2S/c37-27-15-16-31(30(39)22-27)43-35(45)32(21-26-13-7-8-14-29(26)38)46-36(43)28(23-40)34(44)42-19-17-41(18-20-42)33(24-9-3-1-4-10-24)25-11-5-2-6-12-25/h1-16,21-22,33H,17-20H2. The zero-order valence-electron chi connectivity index (χ0n) is 24.4. The first kappa shape index (κ1) is 31.8. The van der Waals surface area contributed by atoms with Crippen LogP contribution in [0, 0.1) is 11.3 Å². The molecule has 1 saturated heterocycles. The van der Waals surface area contributed by atoms with Gasteiger partial charge in [-0.3, -0.25) is 19.1 Å². The zero-order valence-corrected chi connectivity index (χ0v) is 27.5. The molecule has 0 N–H and O–H groups in total. The highest BCUT2D eigenvalue weighted by Gasteiger charge is 2.30. The van der Waals surface area contributed by atoms with Gasteiger partial charge in [0.05, 0.1) is 21.3 Å². The van der Waals surface area contributed by atoms with Crippen LogP contribution in [0.2, 0.25) is 15.1 Å². The van der Waals surface area contributed by atoms with E-state index in [1.165, 1.54) is 21.8 Å². The van der Waals surface area contributed by atoms with Crippen molar-refractivity contribution in [3.05, 3.63) is 154 Å². The Morgan fingerprint density at radius 1 is 0.804 bits per heavy atom. The van der Waals surface area contributed by atoms with Crippen molar-refractivity contribution in [3.63, 3.8) is 0 Å². The van der Waals surface area contributed by atoms with Gasteiger partial charge in [-0.25, -0.2) is 0 Å². The molecule has 6 nitrogen and oxygen atoms in total. The third-order valence-corrected chi connectivity index (χ3v) is 9.88. The molecule has 5 aromatic rings. The highest BCUT2D eigenvalue weighted by molar-refractivity contribution is 7.07. The number of nitrogens with zero attached hydrogens (tertiary/aromatic N) is 4. The number of benzene rings is 4. The summed E-state index contributed by atoms with van der Waals surface area (Å²) in [6.45, 7) is 2.03. The molecule has 0 saturated carbocycles. The van der Waals surface area contributed by atoms with Crippen molar-refractivity contribution in [1.82, 2.24) is 14.4 Å². The fourth-order valence-electron chi connectivity index (χ4n) is 5.68. The third-order valence-electron chi connectivity index (χ3n) is 7.90. The van der Waals surface area contributed by atoms with E-state index in [2.05, 4.69) is 35.2 Å². The summed E-state index contributed by atoms with van der Waals surface area (Å²) in [4.78, 5) is 32.0. The number of piperazine rings is 1. The fraction of sp³-hybridized carbons (Fsp3) is 0.139. The van der Waals surface area contributed by atoms with Crippen molar-refractivity contribution in [2.24, 2.45) is 0 Å². The van der Waals surface area contributed by atoms with Gasteiger partial charge in [0.1, 0.15) is 10.7 Å². The molecule has 0 unspecified atom stereocenters. The second kappa shape index (κ2) is 14.1. The first-order chi connectivity index (χ1) is 22.4. The maximum atomic E-state index is 14.1. The van der Waals surface area contributed by atoms with E-state index in [4.69, 9.17) is 34.8 Å². The van der Waals surface area contributed by atoms with Gasteiger partial charge in [0.25, 0.3) is 11.5 Å². The SMILES string of the molecule is N#CC(C(=O)N1CCN(C(c2ccccc2)c2ccccc2)CC1)=c1sc(=Cc2ccccc2Cl)c(=O)n1-c1ccc(Cl)cc1Cl. The van der Waals surface area contributed by atoms with Crippen LogP contribution in [0.3, 0.4) is 0 Å². The molecule has 0 spiro atoms. The first-order valence-corrected chi connectivity index (χ1v) is 16.5. The molecule has 46 heavy (non-hydrogen) atoms. The molecule has 230 valence electrons. The maximum absolute atomic E-state index is 14.1. The first-order valence-electron chi connectivity index (χ1n) is 14.6. The number of amides is 1. The van der Waals surface area contributed by atoms with E-state index < -0.39 is 11.5 Å². The zero-order chi connectivity index (χ0) is 32.2. The van der Waals surface area contributed by atoms with E-state index in [1.807, 2.05) is 42.5 Å². The quantitative estimate of drug-likeness (QED) is 0.211. The summed E-state index contributed by atoms with van der Waals surface area (Å²) in [5, 5.41) is 11.5. The third kappa shape index (κ3) is 6.54. The van der Waals surface area contributed by atoms with Crippen molar-refractivity contribution in [2.45, 2.75) is 6.04 Å². The van der Waals surface area contributed by atoms with Crippen LogP contribution in [-0.2, 0) is 4.79 Å². The summed E-state index contributed by atoms with van der Waals surface area (Å²) in [6.07, 6.45) is 1.66. The molecule has 4 aromatic carbocycles. The number of halogens is 3. The Kier molecular flexibility index (Phi) is 9.74. The van der Waals surface area contributed by atoms with E-state index in [-0.39, 0.29) is 21.3 Å². The van der Waals surface area contributed by atoms with Crippen molar-refractivity contribution in [2.75, 3.05) is 26.2 Å². The van der Waals surface area contributed by atoms with E-state index in [9.17, 15) is 14.9 Å². The summed E-state index contributed by atoms with van der Waals surface area (Å²) >= 11 is 20.2. The van der Waals surface area contributed by atoms with Crippen molar-refractivity contribution < 1.29 is 4.79 Å². The lowest BCUT2D eigenvalue weighted by Gasteiger charge is -2.39. The van der Waals surface area contributed by atoms with Crippen LogP contribution in [0.5, 0.6) is 0 Å². The molecule has 0 bridgehead atoms. The van der Waals surface area contributed by atoms with Gasteiger partial charge in [-0.1, -0.05) is 114 Å². The minimum absolute atomic E-state index is 0.0245. The molecule has 0 radical (unpaired) electrons. The molecule has 2 heterocycles. The molecular formula is C36H27Cl3N4O2S. The summed E-state index contributed by atoms with van der Waals surface area (Å²) in [6, 6.07) is 34.6. The number of hydrogen-bond donors (Lipinski definition) is 0. The molecule has 1 amide bonds. The topological polar surface area (TPSA) is 69.3 Å². The summed E-state index contributed by atoms with van der Waals surface area (Å²) in [5.74, 6) is -0.442. The lowest BCUT2D eigenvalue weighted by molar-refractivity contribution is -0.126. The van der Waals surface area contributed by atoms with Gasteiger partial charge in [0.15, 0.2) is 5.57 Å². The van der Waals surface area contributed by atoms with Gasteiger partial charge in [0.2, 0.25) is 0 Å². The maximum Gasteiger partial charge on any atom is 0.273 e. The molecular weight excluding hydrogens is 659 g/mol. The lowest BCUT2D eigenvalue weighted by Crippen LogP contribution is -2.50. The average Bonchev–Trinajstić information content (AvgIpc) is 3.38. The van der Waals surface area contributed by atoms with Crippen LogP contribution in [-0.4, -0.2) is 46.5 Å². The second-order valence-corrected chi connectivity index (χ2v) is 13.0. The minimum Gasteiger partial charge on any atom is -0.335 e. The Balaban J connectivity index is 1.39. The average molecular weight is 686 g/mol. The number of hydrogen-bond acceptors (Lipinski definition) is 5. The highest BCUT2D eigenvalue weighted by Crippen LogP contribution is 2.30. The predicted octanol–water partition coefficient (Wildman–Crippen LogP) is 6.30. The monoisotopic (exact) mass is 684 g/mol. The van der Waals surface area contributed by atoms with Gasteiger partial charge in [-0.15, -0.1) is 11.3 Å². The van der Waals surface area contributed by atoms with E-state index in [1.54, 1.807) is 41.3 Å². The van der Waals surface area contributed by atoms with Crippen LogP contribution < -0.4 is 14.8 Å². The van der Waals surface area contributed by atoms with Gasteiger partial charge >= 0.3 is 0 Å². The van der Waals surface area contributed by atoms with E-state index >= 15 is 0 Å². The molecule has 6 rings (SSSR count). The Labute approximate surface area is 285 Å². The summed E-state index contributed by atoms with van der Waals surface area (Å²) in [5.41, 5.74) is 2.73. The Morgan fingerprint density at radius 3 is 2.00 bits per heavy atom. The van der Waals surface area contributed by atoms with Crippen LogP contribution in [0.25, 0.3) is 17.3 Å². The number of aromatic nitrogens is 1. The smallest absolute Gasteiger partial charge is 0.273 e. The van der Waals surface area contributed by atoms with Crippen molar-refractivity contribution >= 4 is 63.7 Å². The molecule has 10 heteroatoms. The van der Waals surface area contributed by atoms with Crippen molar-refractivity contribution in [1.29, 1.82) is 5.26 Å². The lowest BCUT2D eigenvalue weighted by atomic mass is 9.96. The number of carbonyl (C=O) groups is 1. The van der Waals surface area contributed by atoms with Gasteiger partial charge in [-0.05, 0) is 47.0 Å². The van der Waals surface area contributed by atoms with Crippen LogP contribution >= 0.6 is 46.1 Å². The molecule has 1 aliphatic heterocycles. The number of thiazole rings is 1. The normalized spacial score (nSPS) is 14.8. The van der Waals surface area contributed by atoms with Crippen LogP contribution in [0.1, 0.15) is 22.7 Å². The van der Waals surface area contributed by atoms with E-state index in [0.29, 0.717) is 52.0 Å². The van der Waals surface area contributed by atoms with E-state index in [0.717, 1.165) is 11.3 Å². The highest BCUT2D eigenvalue weighted by atomic mass is 35.5. The molecule has 1 fully saturated rings. The molecule has 1 aromatic heterocycles. The van der Waals surface area contributed by atoms with Gasteiger partial charge in [0, 0.05) is 36.2 Å². The molecule has 1 aliphatic rings. The molecule has 0 atom stereocenters. The number of carbonyl (C=O) groups excluding carboxylic acids is 1. The second-order valence-electron chi connectivity index (χ2n) is 10.7. The van der Waals surface area contributed by atoms with Crippen molar-refractivity contribution in [3.8, 4) is 11.8 Å². The predicted molar refractivity (Wildman–Crippen MR) is 186 cm³/mol. The van der Waals surface area contributed by atoms with Crippen LogP contribution in [0.15, 0.2) is 108 Å². The Hall–Kier alpha value is -4.16. The Bertz CT molecular complexity index is 2080. The fourth-order valence-corrected chi connectivity index (χ4v) is 7.44. The molecule has 0 aliphatic carbocycles.